The molecule has 0 unspecified atom stereocenters. The Morgan fingerprint density at radius 2 is 1.59 bits per heavy atom. The van der Waals surface area contributed by atoms with Gasteiger partial charge in [-0.05, 0) is 54.8 Å². The molecule has 0 radical (unpaired) electrons. The van der Waals surface area contributed by atoms with Crippen LogP contribution in [0.5, 0.6) is 17.2 Å². The van der Waals surface area contributed by atoms with Crippen molar-refractivity contribution in [2.45, 2.75) is 18.9 Å². The predicted octanol–water partition coefficient (Wildman–Crippen LogP) is 4.74. The van der Waals surface area contributed by atoms with Crippen molar-refractivity contribution in [2.24, 2.45) is 0 Å². The summed E-state index contributed by atoms with van der Waals surface area (Å²) in [6.45, 7) is 0. The molecular formula is C27H23NO6. The number of benzene rings is 3. The molecule has 0 spiro atoms. The molecular weight excluding hydrogens is 434 g/mol. The second-order valence-corrected chi connectivity index (χ2v) is 8.21. The van der Waals surface area contributed by atoms with Gasteiger partial charge in [-0.25, -0.2) is 0 Å². The average molecular weight is 457 g/mol. The van der Waals surface area contributed by atoms with Crippen molar-refractivity contribution in [3.05, 3.63) is 76.5 Å². The molecule has 4 aromatic rings. The van der Waals surface area contributed by atoms with Crippen LogP contribution >= 0.6 is 0 Å². The van der Waals surface area contributed by atoms with E-state index in [9.17, 15) is 14.7 Å². The maximum atomic E-state index is 13.2. The van der Waals surface area contributed by atoms with Gasteiger partial charge >= 0.3 is 0 Å². The first-order chi connectivity index (χ1) is 16.5. The van der Waals surface area contributed by atoms with Crippen LogP contribution in [0.1, 0.15) is 23.2 Å². The third kappa shape index (κ3) is 3.96. The number of aromatic hydroxyl groups is 1. The number of carbonyl (C=O) groups excluding carboxylic acids is 1. The largest absolute Gasteiger partial charge is 0.508 e. The zero-order valence-corrected chi connectivity index (χ0v) is 18.8. The van der Waals surface area contributed by atoms with Crippen LogP contribution in [0.25, 0.3) is 33.4 Å². The van der Waals surface area contributed by atoms with Gasteiger partial charge in [0, 0.05) is 29.3 Å². The Hall–Kier alpha value is -4.26. The van der Waals surface area contributed by atoms with Gasteiger partial charge in [0.1, 0.15) is 28.4 Å². The van der Waals surface area contributed by atoms with Crippen molar-refractivity contribution in [3.63, 3.8) is 0 Å². The van der Waals surface area contributed by atoms with Gasteiger partial charge in [-0.3, -0.25) is 9.59 Å². The van der Waals surface area contributed by atoms with E-state index in [0.717, 1.165) is 18.4 Å². The molecule has 1 amide bonds. The molecule has 0 aliphatic heterocycles. The van der Waals surface area contributed by atoms with Crippen LogP contribution in [0.15, 0.2) is 69.9 Å². The zero-order valence-electron chi connectivity index (χ0n) is 18.8. The van der Waals surface area contributed by atoms with Crippen LogP contribution in [0, 0.1) is 0 Å². The number of rotatable bonds is 6. The van der Waals surface area contributed by atoms with Gasteiger partial charge in [0.05, 0.1) is 19.8 Å². The zero-order chi connectivity index (χ0) is 23.8. The lowest BCUT2D eigenvalue weighted by atomic mass is 9.99. The van der Waals surface area contributed by atoms with Crippen molar-refractivity contribution in [1.29, 1.82) is 0 Å². The van der Waals surface area contributed by atoms with Gasteiger partial charge in [0.25, 0.3) is 5.91 Å². The Morgan fingerprint density at radius 1 is 0.941 bits per heavy atom. The van der Waals surface area contributed by atoms with Crippen LogP contribution in [-0.2, 0) is 0 Å². The summed E-state index contributed by atoms with van der Waals surface area (Å²) in [5, 5.41) is 12.9. The van der Waals surface area contributed by atoms with E-state index < -0.39 is 0 Å². The van der Waals surface area contributed by atoms with E-state index in [1.807, 2.05) is 0 Å². The van der Waals surface area contributed by atoms with E-state index in [4.69, 9.17) is 13.9 Å². The molecule has 34 heavy (non-hydrogen) atoms. The van der Waals surface area contributed by atoms with Crippen LogP contribution in [0.4, 0.5) is 0 Å². The van der Waals surface area contributed by atoms with Gasteiger partial charge in [-0.15, -0.1) is 0 Å². The number of ether oxygens (including phenoxy) is 2. The Balaban J connectivity index is 1.70. The SMILES string of the molecule is COc1cc(OC)c2c(=O)cc(-c3ccc(O)cc3)oc2c1-c1ccc(C(=O)NC2CC2)cc1. The number of hydrogen-bond acceptors (Lipinski definition) is 6. The lowest BCUT2D eigenvalue weighted by Gasteiger charge is -2.15. The lowest BCUT2D eigenvalue weighted by Crippen LogP contribution is -2.25. The topological polar surface area (TPSA) is 98.0 Å². The highest BCUT2D eigenvalue weighted by Gasteiger charge is 2.24. The molecule has 3 aromatic carbocycles. The minimum Gasteiger partial charge on any atom is -0.508 e. The number of carbonyl (C=O) groups is 1. The lowest BCUT2D eigenvalue weighted by molar-refractivity contribution is 0.0951. The number of nitrogens with one attached hydrogen (secondary N) is 1. The van der Waals surface area contributed by atoms with Gasteiger partial charge < -0.3 is 24.3 Å². The van der Waals surface area contributed by atoms with Crippen molar-refractivity contribution in [1.82, 2.24) is 5.32 Å². The van der Waals surface area contributed by atoms with E-state index in [1.165, 1.54) is 32.4 Å². The number of amides is 1. The molecule has 0 saturated heterocycles. The normalized spacial score (nSPS) is 13.0. The maximum absolute atomic E-state index is 13.2. The predicted molar refractivity (Wildman–Crippen MR) is 129 cm³/mol. The average Bonchev–Trinajstić information content (AvgIpc) is 3.67. The van der Waals surface area contributed by atoms with Gasteiger partial charge in [-0.1, -0.05) is 12.1 Å². The van der Waals surface area contributed by atoms with E-state index in [2.05, 4.69) is 5.32 Å². The molecule has 172 valence electrons. The van der Waals surface area contributed by atoms with Crippen LogP contribution in [0.3, 0.4) is 0 Å². The molecule has 1 aliphatic rings. The second-order valence-electron chi connectivity index (χ2n) is 8.21. The Bertz CT molecular complexity index is 1430. The van der Waals surface area contributed by atoms with E-state index >= 15 is 0 Å². The minimum atomic E-state index is -0.273. The molecule has 5 rings (SSSR count). The highest BCUT2D eigenvalue weighted by Crippen LogP contribution is 2.42. The second kappa shape index (κ2) is 8.59. The Morgan fingerprint density at radius 3 is 2.21 bits per heavy atom. The monoisotopic (exact) mass is 457 g/mol. The van der Waals surface area contributed by atoms with Gasteiger partial charge in [0.15, 0.2) is 11.0 Å². The highest BCUT2D eigenvalue weighted by atomic mass is 16.5. The Labute approximate surface area is 195 Å². The third-order valence-corrected chi connectivity index (χ3v) is 5.87. The first kappa shape index (κ1) is 21.6. The van der Waals surface area contributed by atoms with Crippen LogP contribution < -0.4 is 20.2 Å². The van der Waals surface area contributed by atoms with Crippen molar-refractivity contribution >= 4 is 16.9 Å². The number of phenols is 1. The standard InChI is InChI=1S/C27H23NO6/c1-32-22-14-23(33-2)25-20(30)13-21(15-7-11-19(29)12-8-15)34-26(25)24(22)16-3-5-17(6-4-16)27(31)28-18-9-10-18/h3-8,11-14,18,29H,9-10H2,1-2H3,(H,28,31). The summed E-state index contributed by atoms with van der Waals surface area (Å²) in [5.41, 5.74) is 2.52. The summed E-state index contributed by atoms with van der Waals surface area (Å²) >= 11 is 0. The summed E-state index contributed by atoms with van der Waals surface area (Å²) in [7, 11) is 3.01. The first-order valence-electron chi connectivity index (χ1n) is 10.9. The Kier molecular flexibility index (Phi) is 5.45. The third-order valence-electron chi connectivity index (χ3n) is 5.87. The van der Waals surface area contributed by atoms with E-state index in [0.29, 0.717) is 39.5 Å². The molecule has 1 fully saturated rings. The quantitative estimate of drug-likeness (QED) is 0.434. The molecule has 1 aromatic heterocycles. The molecule has 2 N–H and O–H groups in total. The molecule has 1 heterocycles. The minimum absolute atomic E-state index is 0.109. The summed E-state index contributed by atoms with van der Waals surface area (Å²) < 4.78 is 17.4. The summed E-state index contributed by atoms with van der Waals surface area (Å²) in [6.07, 6.45) is 2.03. The molecule has 1 aliphatic carbocycles. The van der Waals surface area contributed by atoms with Gasteiger partial charge in [0.2, 0.25) is 0 Å². The molecule has 7 nitrogen and oxygen atoms in total. The van der Waals surface area contributed by atoms with Crippen molar-refractivity contribution < 1.29 is 23.8 Å². The fourth-order valence-electron chi connectivity index (χ4n) is 3.93. The number of methoxy groups -OCH3 is 2. The summed E-state index contributed by atoms with van der Waals surface area (Å²) in [6, 6.07) is 16.8. The van der Waals surface area contributed by atoms with E-state index in [-0.39, 0.29) is 28.5 Å². The number of phenolic OH excluding ortho intramolecular Hbond substituents is 1. The molecule has 7 heteroatoms. The van der Waals surface area contributed by atoms with Crippen molar-refractivity contribution in [2.75, 3.05) is 14.2 Å². The van der Waals surface area contributed by atoms with Gasteiger partial charge in [-0.2, -0.15) is 0 Å². The molecule has 0 bridgehead atoms. The summed E-state index contributed by atoms with van der Waals surface area (Å²) in [4.78, 5) is 25.6. The number of fused-ring (bicyclic) bond motifs is 1. The van der Waals surface area contributed by atoms with Crippen LogP contribution in [0.2, 0.25) is 0 Å². The van der Waals surface area contributed by atoms with Crippen LogP contribution in [-0.4, -0.2) is 31.3 Å². The maximum Gasteiger partial charge on any atom is 0.251 e. The van der Waals surface area contributed by atoms with Crippen molar-refractivity contribution in [3.8, 4) is 39.7 Å². The fourth-order valence-corrected chi connectivity index (χ4v) is 3.93. The van der Waals surface area contributed by atoms with E-state index in [1.54, 1.807) is 42.5 Å². The molecule has 1 saturated carbocycles. The highest BCUT2D eigenvalue weighted by molar-refractivity contribution is 6.01. The summed E-state index contributed by atoms with van der Waals surface area (Å²) in [5.74, 6) is 1.14. The smallest absolute Gasteiger partial charge is 0.251 e. The number of hydrogen-bond donors (Lipinski definition) is 2. The molecule has 0 atom stereocenters. The first-order valence-corrected chi connectivity index (χ1v) is 10.9. The fraction of sp³-hybridized carbons (Fsp3) is 0.185.